The molecule has 30 heavy (non-hydrogen) atoms. The number of nitro groups is 1. The van der Waals surface area contributed by atoms with E-state index in [0.29, 0.717) is 37.9 Å². The number of rotatable bonds is 4. The molecule has 3 aromatic rings. The average Bonchev–Trinajstić information content (AvgIpc) is 3.30. The number of benzene rings is 2. The van der Waals surface area contributed by atoms with Gasteiger partial charge in [-0.15, -0.1) is 0 Å². The van der Waals surface area contributed by atoms with Crippen LogP contribution in [0.5, 0.6) is 0 Å². The Labute approximate surface area is 184 Å². The molecule has 0 unspecified atom stereocenters. The second-order valence-electron chi connectivity index (χ2n) is 6.06. The number of amides is 1. The van der Waals surface area contributed by atoms with E-state index in [1.165, 1.54) is 18.2 Å². The normalized spacial score (nSPS) is 16.3. The fraction of sp³-hybridized carbons (Fsp3) is 0. The smallest absolute Gasteiger partial charge is 0.270 e. The molecule has 7 nitrogen and oxygen atoms in total. The highest BCUT2D eigenvalue weighted by Gasteiger charge is 2.24. The molecule has 10 heteroatoms. The van der Waals surface area contributed by atoms with Crippen molar-refractivity contribution in [1.29, 1.82) is 0 Å². The van der Waals surface area contributed by atoms with E-state index in [-0.39, 0.29) is 16.6 Å². The molecule has 1 saturated heterocycles. The van der Waals surface area contributed by atoms with E-state index in [0.717, 1.165) is 11.8 Å². The molecule has 150 valence electrons. The number of para-hydroxylation sites is 1. The molecular weight excluding hydrogens is 449 g/mol. The average molecular weight is 460 g/mol. The van der Waals surface area contributed by atoms with E-state index in [2.05, 4.69) is 10.3 Å². The standard InChI is InChI=1S/C20H11Cl2N3O4S/c21-14-3-1-2-4-16(14)23-20-24-19(26)18(30-20)10-12-6-8-17(29-12)13-7-5-11(25(27)28)9-15(13)22/h1-10H,(H,23,24,26). The molecule has 0 bridgehead atoms. The van der Waals surface area contributed by atoms with Gasteiger partial charge in [0.05, 0.1) is 25.6 Å². The molecule has 1 amide bonds. The Morgan fingerprint density at radius 2 is 1.90 bits per heavy atom. The fourth-order valence-corrected chi connectivity index (χ4v) is 3.91. The lowest BCUT2D eigenvalue weighted by Gasteiger charge is -2.00. The minimum Gasteiger partial charge on any atom is -0.457 e. The summed E-state index contributed by atoms with van der Waals surface area (Å²) in [5.74, 6) is 0.545. The number of nitrogens with zero attached hydrogens (tertiary/aromatic N) is 2. The van der Waals surface area contributed by atoms with E-state index in [1.807, 2.05) is 0 Å². The first-order valence-corrected chi connectivity index (χ1v) is 10.1. The van der Waals surface area contributed by atoms with Crippen molar-refractivity contribution in [2.75, 3.05) is 0 Å². The van der Waals surface area contributed by atoms with Gasteiger partial charge in [0.15, 0.2) is 5.17 Å². The molecule has 4 rings (SSSR count). The van der Waals surface area contributed by atoms with Crippen molar-refractivity contribution in [2.45, 2.75) is 0 Å². The zero-order valence-corrected chi connectivity index (χ0v) is 17.3. The molecule has 1 aliphatic rings. The largest absolute Gasteiger partial charge is 0.457 e. The summed E-state index contributed by atoms with van der Waals surface area (Å²) in [6.07, 6.45) is 1.58. The van der Waals surface area contributed by atoms with Crippen molar-refractivity contribution in [3.05, 3.63) is 85.4 Å². The van der Waals surface area contributed by atoms with Crippen molar-refractivity contribution in [3.63, 3.8) is 0 Å². The van der Waals surface area contributed by atoms with Crippen LogP contribution in [0, 0.1) is 10.1 Å². The molecule has 1 aliphatic heterocycles. The van der Waals surface area contributed by atoms with Gasteiger partial charge in [0, 0.05) is 23.8 Å². The minimum absolute atomic E-state index is 0.109. The van der Waals surface area contributed by atoms with Crippen LogP contribution in [0.25, 0.3) is 17.4 Å². The maximum absolute atomic E-state index is 12.3. The highest BCUT2D eigenvalue weighted by atomic mass is 35.5. The predicted molar refractivity (Wildman–Crippen MR) is 118 cm³/mol. The zero-order valence-electron chi connectivity index (χ0n) is 15.0. The van der Waals surface area contributed by atoms with E-state index in [9.17, 15) is 14.9 Å². The number of furan rings is 1. The van der Waals surface area contributed by atoms with Crippen molar-refractivity contribution in [3.8, 4) is 11.3 Å². The Kier molecular flexibility index (Phi) is 5.63. The number of nitro benzene ring substituents is 1. The molecule has 0 aliphatic carbocycles. The summed E-state index contributed by atoms with van der Waals surface area (Å²) < 4.78 is 5.75. The summed E-state index contributed by atoms with van der Waals surface area (Å²) in [5, 5.41) is 14.6. The Morgan fingerprint density at radius 3 is 2.63 bits per heavy atom. The number of thioether (sulfide) groups is 1. The Bertz CT molecular complexity index is 1240. The molecule has 1 N–H and O–H groups in total. The molecule has 2 aromatic carbocycles. The number of carbonyl (C=O) groups is 1. The van der Waals surface area contributed by atoms with Gasteiger partial charge in [-0.25, -0.2) is 4.99 Å². The highest BCUT2D eigenvalue weighted by molar-refractivity contribution is 8.18. The second-order valence-corrected chi connectivity index (χ2v) is 7.90. The number of amidine groups is 1. The fourth-order valence-electron chi connectivity index (χ4n) is 2.65. The van der Waals surface area contributed by atoms with Gasteiger partial charge in [-0.05, 0) is 42.1 Å². The Balaban J connectivity index is 1.57. The topological polar surface area (TPSA) is 97.7 Å². The Hall–Kier alpha value is -3.07. The maximum atomic E-state index is 12.3. The van der Waals surface area contributed by atoms with Gasteiger partial charge in [-0.2, -0.15) is 0 Å². The molecule has 0 radical (unpaired) electrons. The van der Waals surface area contributed by atoms with Crippen LogP contribution in [-0.4, -0.2) is 16.0 Å². The van der Waals surface area contributed by atoms with Gasteiger partial charge < -0.3 is 9.73 Å². The minimum atomic E-state index is -0.522. The van der Waals surface area contributed by atoms with E-state index in [1.54, 1.807) is 42.5 Å². The predicted octanol–water partition coefficient (Wildman–Crippen LogP) is 6.05. The third-order valence-electron chi connectivity index (χ3n) is 4.05. The third kappa shape index (κ3) is 4.25. The van der Waals surface area contributed by atoms with Crippen molar-refractivity contribution in [1.82, 2.24) is 5.32 Å². The number of halogens is 2. The second kappa shape index (κ2) is 8.35. The number of hydrogen-bond donors (Lipinski definition) is 1. The summed E-state index contributed by atoms with van der Waals surface area (Å²) in [4.78, 5) is 27.3. The summed E-state index contributed by atoms with van der Waals surface area (Å²) in [6, 6.07) is 14.5. The first-order chi connectivity index (χ1) is 14.4. The van der Waals surface area contributed by atoms with Crippen LogP contribution in [0.1, 0.15) is 5.76 Å². The number of nitrogens with one attached hydrogen (secondary N) is 1. The molecular formula is C20H11Cl2N3O4S. The van der Waals surface area contributed by atoms with Gasteiger partial charge in [0.25, 0.3) is 11.6 Å². The van der Waals surface area contributed by atoms with Gasteiger partial charge in [-0.3, -0.25) is 14.9 Å². The molecule has 2 heterocycles. The molecule has 1 aromatic heterocycles. The van der Waals surface area contributed by atoms with Crippen LogP contribution in [-0.2, 0) is 4.79 Å². The SMILES string of the molecule is O=C1NC(=Nc2ccccc2Cl)SC1=Cc1ccc(-c2ccc([N+](=O)[O-])cc2Cl)o1. The van der Waals surface area contributed by atoms with Crippen LogP contribution in [0.4, 0.5) is 11.4 Å². The number of non-ortho nitro benzene ring substituents is 1. The van der Waals surface area contributed by atoms with Crippen LogP contribution in [0.3, 0.4) is 0 Å². The maximum Gasteiger partial charge on any atom is 0.270 e. The lowest BCUT2D eigenvalue weighted by molar-refractivity contribution is -0.384. The number of aliphatic imine (C=N–C) groups is 1. The Morgan fingerprint density at radius 1 is 1.10 bits per heavy atom. The van der Waals surface area contributed by atoms with Gasteiger partial charge >= 0.3 is 0 Å². The van der Waals surface area contributed by atoms with Crippen LogP contribution in [0.2, 0.25) is 10.0 Å². The number of carbonyl (C=O) groups excluding carboxylic acids is 1. The van der Waals surface area contributed by atoms with Crippen LogP contribution < -0.4 is 5.32 Å². The van der Waals surface area contributed by atoms with E-state index in [4.69, 9.17) is 27.6 Å². The molecule has 0 saturated carbocycles. The first kappa shape index (κ1) is 20.2. The summed E-state index contributed by atoms with van der Waals surface area (Å²) in [6.45, 7) is 0. The van der Waals surface area contributed by atoms with E-state index >= 15 is 0 Å². The van der Waals surface area contributed by atoms with Crippen molar-refractivity contribution >= 4 is 63.5 Å². The monoisotopic (exact) mass is 459 g/mol. The lowest BCUT2D eigenvalue weighted by Crippen LogP contribution is -2.19. The lowest BCUT2D eigenvalue weighted by atomic mass is 10.1. The summed E-state index contributed by atoms with van der Waals surface area (Å²) in [5.41, 5.74) is 0.953. The molecule has 1 fully saturated rings. The van der Waals surface area contributed by atoms with E-state index < -0.39 is 4.92 Å². The third-order valence-corrected chi connectivity index (χ3v) is 5.60. The summed E-state index contributed by atoms with van der Waals surface area (Å²) in [7, 11) is 0. The zero-order chi connectivity index (χ0) is 21.3. The summed E-state index contributed by atoms with van der Waals surface area (Å²) >= 11 is 13.4. The van der Waals surface area contributed by atoms with Crippen LogP contribution in [0.15, 0.2) is 68.9 Å². The molecule has 0 atom stereocenters. The van der Waals surface area contributed by atoms with Crippen LogP contribution >= 0.6 is 35.0 Å². The van der Waals surface area contributed by atoms with Crippen molar-refractivity contribution < 1.29 is 14.1 Å². The van der Waals surface area contributed by atoms with Gasteiger partial charge in [0.2, 0.25) is 0 Å². The number of hydrogen-bond acceptors (Lipinski definition) is 6. The van der Waals surface area contributed by atoms with Gasteiger partial charge in [0.1, 0.15) is 11.5 Å². The van der Waals surface area contributed by atoms with Gasteiger partial charge in [-0.1, -0.05) is 35.3 Å². The highest BCUT2D eigenvalue weighted by Crippen LogP contribution is 2.34. The quantitative estimate of drug-likeness (QED) is 0.290. The van der Waals surface area contributed by atoms with Crippen molar-refractivity contribution in [2.24, 2.45) is 4.99 Å². The molecule has 0 spiro atoms. The first-order valence-electron chi connectivity index (χ1n) is 8.49.